The van der Waals surface area contributed by atoms with Crippen LogP contribution in [0.2, 0.25) is 0 Å². The molecule has 0 aromatic rings. The van der Waals surface area contributed by atoms with Crippen LogP contribution in [0.3, 0.4) is 0 Å². The Hall–Kier alpha value is -1.75. The van der Waals surface area contributed by atoms with E-state index in [0.717, 1.165) is 52.2 Å². The van der Waals surface area contributed by atoms with Gasteiger partial charge in [-0.05, 0) is 13.1 Å². The number of aliphatic carboxylic acids is 1. The van der Waals surface area contributed by atoms with E-state index in [9.17, 15) is 19.5 Å². The molecule has 1 aliphatic rings. The number of carboxylic acids is 1. The molecule has 180 valence electrons. The number of amides is 2. The third kappa shape index (κ3) is 11.4. The van der Waals surface area contributed by atoms with E-state index < -0.39 is 5.97 Å². The first kappa shape index (κ1) is 27.3. The van der Waals surface area contributed by atoms with E-state index >= 15 is 0 Å². The minimum atomic E-state index is -0.825. The van der Waals surface area contributed by atoms with Crippen LogP contribution in [0.4, 0.5) is 0 Å². The second kappa shape index (κ2) is 15.1. The van der Waals surface area contributed by atoms with Gasteiger partial charge in [-0.2, -0.15) is 0 Å². The Bertz CT molecular complexity index is 550. The Balaban J connectivity index is 2.78. The summed E-state index contributed by atoms with van der Waals surface area (Å²) in [5.74, 6) is -0.814. The van der Waals surface area contributed by atoms with Gasteiger partial charge >= 0.3 is 5.97 Å². The van der Waals surface area contributed by atoms with Crippen molar-refractivity contribution in [3.05, 3.63) is 0 Å². The molecule has 2 amide bonds. The number of carbonyl (C=O) groups excluding carboxylic acids is 2. The summed E-state index contributed by atoms with van der Waals surface area (Å²) >= 11 is 0. The van der Waals surface area contributed by atoms with Crippen LogP contribution in [0.25, 0.3) is 0 Å². The van der Waals surface area contributed by atoms with Crippen LogP contribution in [0.15, 0.2) is 0 Å². The van der Waals surface area contributed by atoms with Crippen molar-refractivity contribution in [1.82, 2.24) is 29.4 Å². The molecule has 0 unspecified atom stereocenters. The van der Waals surface area contributed by atoms with Gasteiger partial charge in [0.05, 0.1) is 13.1 Å². The third-order valence-electron chi connectivity index (χ3n) is 5.94. The molecule has 10 heteroatoms. The largest absolute Gasteiger partial charge is 0.480 e. The molecular formula is C21H42N6O4. The van der Waals surface area contributed by atoms with Gasteiger partial charge < -0.3 is 24.7 Å². The highest BCUT2D eigenvalue weighted by Crippen LogP contribution is 2.02. The highest BCUT2D eigenvalue weighted by molar-refractivity contribution is 5.78. The molecule has 1 saturated heterocycles. The molecule has 1 aliphatic heterocycles. The number of carboxylic acid groups (broad SMARTS) is 1. The molecule has 1 fully saturated rings. The van der Waals surface area contributed by atoms with Gasteiger partial charge in [-0.3, -0.25) is 24.2 Å². The molecule has 0 aliphatic carbocycles. The van der Waals surface area contributed by atoms with Crippen molar-refractivity contribution in [2.75, 3.05) is 106 Å². The van der Waals surface area contributed by atoms with Crippen LogP contribution in [0, 0.1) is 0 Å². The maximum absolute atomic E-state index is 12.7. The molecule has 0 aromatic carbocycles. The van der Waals surface area contributed by atoms with E-state index in [2.05, 4.69) is 28.5 Å². The number of rotatable bonds is 10. The van der Waals surface area contributed by atoms with E-state index in [0.29, 0.717) is 39.3 Å². The maximum atomic E-state index is 12.7. The van der Waals surface area contributed by atoms with Gasteiger partial charge in [0.1, 0.15) is 0 Å². The van der Waals surface area contributed by atoms with Gasteiger partial charge in [0, 0.05) is 79.5 Å². The Labute approximate surface area is 187 Å². The number of likely N-dealkylation sites (N-methyl/N-ethyl adjacent to an activating group) is 4. The molecule has 31 heavy (non-hydrogen) atoms. The van der Waals surface area contributed by atoms with Crippen molar-refractivity contribution in [1.29, 1.82) is 0 Å². The molecule has 0 spiro atoms. The second-order valence-electron chi connectivity index (χ2n) is 8.22. The molecule has 1 heterocycles. The molecule has 10 nitrogen and oxygen atoms in total. The number of hydrogen-bond acceptors (Lipinski definition) is 7. The summed E-state index contributed by atoms with van der Waals surface area (Å²) in [7, 11) is 3.45. The highest BCUT2D eigenvalue weighted by Gasteiger charge is 2.19. The number of nitrogens with zero attached hydrogens (tertiary/aromatic N) is 6. The average molecular weight is 443 g/mol. The van der Waals surface area contributed by atoms with Crippen molar-refractivity contribution < 1.29 is 19.5 Å². The quantitative estimate of drug-likeness (QED) is 0.426. The molecule has 1 rings (SSSR count). The first-order valence-corrected chi connectivity index (χ1v) is 11.3. The zero-order valence-corrected chi connectivity index (χ0v) is 19.8. The predicted octanol–water partition coefficient (Wildman–Crippen LogP) is -1.12. The third-order valence-corrected chi connectivity index (χ3v) is 5.94. The van der Waals surface area contributed by atoms with Gasteiger partial charge in [-0.1, -0.05) is 13.8 Å². The Morgan fingerprint density at radius 2 is 1.19 bits per heavy atom. The predicted molar refractivity (Wildman–Crippen MR) is 121 cm³/mol. The van der Waals surface area contributed by atoms with Gasteiger partial charge in [0.25, 0.3) is 0 Å². The highest BCUT2D eigenvalue weighted by atomic mass is 16.4. The van der Waals surface area contributed by atoms with E-state index in [-0.39, 0.29) is 12.5 Å². The van der Waals surface area contributed by atoms with Crippen LogP contribution in [0.1, 0.15) is 13.8 Å². The lowest BCUT2D eigenvalue weighted by molar-refractivity contribution is -0.138. The van der Waals surface area contributed by atoms with Crippen molar-refractivity contribution in [2.45, 2.75) is 13.8 Å². The Morgan fingerprint density at radius 1 is 0.774 bits per heavy atom. The average Bonchev–Trinajstić information content (AvgIpc) is 2.75. The maximum Gasteiger partial charge on any atom is 0.317 e. The van der Waals surface area contributed by atoms with Crippen molar-refractivity contribution >= 4 is 18.3 Å². The fraction of sp³-hybridized carbons (Fsp3) is 0.857. The van der Waals surface area contributed by atoms with E-state index in [1.165, 1.54) is 4.90 Å². The van der Waals surface area contributed by atoms with E-state index in [1.54, 1.807) is 19.0 Å². The SMILES string of the molecule is CCN1CCN(CC)CCN(CC(=O)N(C)CCN(C)C=O)CCN(CC(=O)O)CC1. The van der Waals surface area contributed by atoms with Crippen molar-refractivity contribution in [3.63, 3.8) is 0 Å². The Morgan fingerprint density at radius 3 is 1.58 bits per heavy atom. The minimum absolute atomic E-state index is 0.0105. The first-order valence-electron chi connectivity index (χ1n) is 11.3. The summed E-state index contributed by atoms with van der Waals surface area (Å²) < 4.78 is 0. The fourth-order valence-electron chi connectivity index (χ4n) is 3.52. The summed E-state index contributed by atoms with van der Waals surface area (Å²) in [5, 5.41) is 9.29. The van der Waals surface area contributed by atoms with Crippen LogP contribution in [0.5, 0.6) is 0 Å². The van der Waals surface area contributed by atoms with Crippen molar-refractivity contribution in [3.8, 4) is 0 Å². The standard InChI is InChI=1S/C21H42N6O4/c1-5-24-9-10-25(6-2)12-14-27(18-21(30)31)16-15-26(13-11-24)17-20(29)23(4)8-7-22(3)19-28/h19H,5-18H2,1-4H3,(H,30,31). The summed E-state index contributed by atoms with van der Waals surface area (Å²) in [5.41, 5.74) is 0. The molecule has 0 radical (unpaired) electrons. The summed E-state index contributed by atoms with van der Waals surface area (Å²) in [6.07, 6.45) is 0.755. The molecule has 0 bridgehead atoms. The lowest BCUT2D eigenvalue weighted by atomic mass is 10.3. The summed E-state index contributed by atoms with van der Waals surface area (Å²) in [6.45, 7) is 13.8. The number of carbonyl (C=O) groups is 3. The van der Waals surface area contributed by atoms with Crippen molar-refractivity contribution in [2.24, 2.45) is 0 Å². The normalized spacial score (nSPS) is 18.7. The first-order chi connectivity index (χ1) is 14.8. The summed E-state index contributed by atoms with van der Waals surface area (Å²) in [4.78, 5) is 46.8. The molecule has 0 aromatic heterocycles. The minimum Gasteiger partial charge on any atom is -0.480 e. The van der Waals surface area contributed by atoms with Crippen LogP contribution in [-0.2, 0) is 14.4 Å². The van der Waals surface area contributed by atoms with Crippen LogP contribution < -0.4 is 0 Å². The lowest BCUT2D eigenvalue weighted by Gasteiger charge is -2.33. The molecule has 1 N–H and O–H groups in total. The van der Waals surface area contributed by atoms with Crippen LogP contribution >= 0.6 is 0 Å². The van der Waals surface area contributed by atoms with Gasteiger partial charge in [-0.15, -0.1) is 0 Å². The lowest BCUT2D eigenvalue weighted by Crippen LogP contribution is -2.49. The van der Waals surface area contributed by atoms with Gasteiger partial charge in [0.2, 0.25) is 12.3 Å². The van der Waals surface area contributed by atoms with Gasteiger partial charge in [-0.25, -0.2) is 0 Å². The zero-order valence-electron chi connectivity index (χ0n) is 19.8. The monoisotopic (exact) mass is 442 g/mol. The molecule has 0 atom stereocenters. The zero-order chi connectivity index (χ0) is 23.2. The van der Waals surface area contributed by atoms with E-state index in [4.69, 9.17) is 0 Å². The topological polar surface area (TPSA) is 90.9 Å². The number of hydrogen-bond donors (Lipinski definition) is 1. The molecule has 0 saturated carbocycles. The molecular weight excluding hydrogens is 400 g/mol. The van der Waals surface area contributed by atoms with E-state index in [1.807, 2.05) is 4.90 Å². The fourth-order valence-corrected chi connectivity index (χ4v) is 3.52. The summed E-state index contributed by atoms with van der Waals surface area (Å²) in [6, 6.07) is 0. The van der Waals surface area contributed by atoms with Gasteiger partial charge in [0.15, 0.2) is 0 Å². The second-order valence-corrected chi connectivity index (χ2v) is 8.22. The smallest absolute Gasteiger partial charge is 0.317 e. The Kier molecular flexibility index (Phi) is 13.3. The van der Waals surface area contributed by atoms with Crippen LogP contribution in [-0.4, -0.2) is 159 Å².